The monoisotopic (exact) mass is 756 g/mol. The molecule has 284 valence electrons. The van der Waals surface area contributed by atoms with Crippen molar-refractivity contribution >= 4 is 43.5 Å². The van der Waals surface area contributed by atoms with E-state index in [4.69, 9.17) is 9.08 Å². The normalized spacial score (nSPS) is 21.6. The van der Waals surface area contributed by atoms with Crippen molar-refractivity contribution < 1.29 is 33.2 Å². The molecule has 3 aliphatic rings. The Morgan fingerprint density at radius 3 is 2.11 bits per heavy atom. The first kappa shape index (κ1) is 38.9. The number of allylic oxidation sites excluding steroid dienone is 1. The van der Waals surface area contributed by atoms with E-state index in [0.717, 1.165) is 39.9 Å². The second-order valence-electron chi connectivity index (χ2n) is 16.3. The number of rotatable bonds is 11. The molecule has 0 saturated carbocycles. The van der Waals surface area contributed by atoms with Crippen LogP contribution in [0.2, 0.25) is 11.4 Å². The topological polar surface area (TPSA) is 93.1 Å². The van der Waals surface area contributed by atoms with E-state index < -0.39 is 50.9 Å². The van der Waals surface area contributed by atoms with Crippen LogP contribution in [0.25, 0.3) is 6.08 Å². The molecule has 0 amide bonds. The van der Waals surface area contributed by atoms with E-state index in [-0.39, 0.29) is 29.5 Å². The van der Waals surface area contributed by atoms with Gasteiger partial charge in [0.1, 0.15) is 0 Å². The highest BCUT2D eigenvalue weighted by Gasteiger charge is 2.55. The average molecular weight is 757 g/mol. The van der Waals surface area contributed by atoms with Crippen molar-refractivity contribution in [2.24, 2.45) is 17.8 Å². The highest BCUT2D eigenvalue weighted by atomic mass is 28.4. The highest BCUT2D eigenvalue weighted by molar-refractivity contribution is 6.99. The van der Waals surface area contributed by atoms with E-state index in [0.29, 0.717) is 36.0 Å². The van der Waals surface area contributed by atoms with E-state index in [2.05, 4.69) is 76.2 Å². The van der Waals surface area contributed by atoms with Crippen molar-refractivity contribution in [3.05, 3.63) is 142 Å². The van der Waals surface area contributed by atoms with Crippen molar-refractivity contribution in [3.63, 3.8) is 0 Å². The molecular weight excluding hydrogens is 706 g/mol. The summed E-state index contributed by atoms with van der Waals surface area (Å²) in [6.07, 6.45) is 4.80. The molecule has 2 N–H and O–H groups in total. The molecule has 0 unspecified atom stereocenters. The molecule has 4 atom stereocenters. The molecule has 6 nitrogen and oxygen atoms in total. The Labute approximate surface area is 325 Å². The van der Waals surface area contributed by atoms with Gasteiger partial charge in [-0.25, -0.2) is 4.39 Å². The molecular formula is C46H50BFO6Si. The van der Waals surface area contributed by atoms with Gasteiger partial charge in [-0.1, -0.05) is 137 Å². The number of phenols is 1. The third-order valence-corrected chi connectivity index (χ3v) is 16.9. The van der Waals surface area contributed by atoms with Crippen LogP contribution in [0.4, 0.5) is 4.39 Å². The minimum Gasteiger partial charge on any atom is -0.505 e. The lowest BCUT2D eigenvalue weighted by Gasteiger charge is -2.48. The van der Waals surface area contributed by atoms with Crippen molar-refractivity contribution in [1.82, 2.24) is 0 Å². The standard InChI is InChI=1S/C46H50BFO6Si/c1-5-14-30(25-31-21-23-40(49)39(48)26-31)22-24-41-42-32(29-53-55(46(2,3)4,33-15-8-6-9-16-33)34-17-10-7-11-18-34)27-37-43(38(42)28-47(52)54-41)45(51)36-20-13-12-19-35(36)44(37)50/h6-13,15-21,23,25-26,37-38,41,43,49,52H,5,14,22,24,27-29H2,1-4H3/b30-25+/t37-,38+,41-,43-/m1/s1. The number of aromatic hydroxyl groups is 1. The number of Topliss-reactive ketones (excluding diaryl/α,β-unsaturated/α-hetero) is 2. The third kappa shape index (κ3) is 7.47. The maximum atomic E-state index is 14.4. The molecule has 1 fully saturated rings. The van der Waals surface area contributed by atoms with E-state index in [1.165, 1.54) is 12.1 Å². The summed E-state index contributed by atoms with van der Waals surface area (Å²) >= 11 is 0. The Hall–Kier alpha value is -4.41. The molecule has 9 heteroatoms. The van der Waals surface area contributed by atoms with Gasteiger partial charge in [-0.05, 0) is 82.2 Å². The number of hydrogen-bond acceptors (Lipinski definition) is 6. The van der Waals surface area contributed by atoms with Crippen LogP contribution in [0.3, 0.4) is 0 Å². The van der Waals surface area contributed by atoms with E-state index in [1.54, 1.807) is 24.3 Å². The Morgan fingerprint density at radius 1 is 0.891 bits per heavy atom. The zero-order chi connectivity index (χ0) is 38.9. The van der Waals surface area contributed by atoms with Gasteiger partial charge in [0.2, 0.25) is 0 Å². The summed E-state index contributed by atoms with van der Waals surface area (Å²) in [4.78, 5) is 28.8. The molecule has 1 heterocycles. The first-order valence-electron chi connectivity index (χ1n) is 19.6. The number of fused-ring (bicyclic) bond motifs is 4. The van der Waals surface area contributed by atoms with Gasteiger partial charge in [-0.3, -0.25) is 9.59 Å². The SMILES string of the molecule is CCC/C(=C\c1ccc(O)c(F)c1)CC[C@H]1OB(O)C[C@H]2C1=C(CO[Si](c1ccccc1)(c1ccccc1)C(C)(C)C)C[C@H]1C(=O)c3ccccc3C(=O)[C@H]12. The Bertz CT molecular complexity index is 2070. The summed E-state index contributed by atoms with van der Waals surface area (Å²) in [5.41, 5.74) is 4.60. The van der Waals surface area contributed by atoms with Crippen LogP contribution < -0.4 is 10.4 Å². The fourth-order valence-corrected chi connectivity index (χ4v) is 14.1. The predicted molar refractivity (Wildman–Crippen MR) is 219 cm³/mol. The molecule has 4 aromatic rings. The first-order chi connectivity index (χ1) is 26.4. The van der Waals surface area contributed by atoms with Gasteiger partial charge in [0.25, 0.3) is 8.32 Å². The number of phenolic OH excluding ortho intramolecular Hbond substituents is 1. The summed E-state index contributed by atoms with van der Waals surface area (Å²) in [5.74, 6) is -2.73. The first-order valence-corrected chi connectivity index (χ1v) is 21.5. The highest BCUT2D eigenvalue weighted by Crippen LogP contribution is 2.51. The Morgan fingerprint density at radius 2 is 1.51 bits per heavy atom. The largest absolute Gasteiger partial charge is 0.505 e. The second-order valence-corrected chi connectivity index (χ2v) is 20.7. The van der Waals surface area contributed by atoms with Gasteiger partial charge < -0.3 is 19.2 Å². The van der Waals surface area contributed by atoms with Crippen molar-refractivity contribution in [2.75, 3.05) is 6.61 Å². The van der Waals surface area contributed by atoms with Crippen LogP contribution in [0.15, 0.2) is 120 Å². The number of carbonyl (C=O) groups is 2. The molecule has 4 aromatic carbocycles. The lowest BCUT2D eigenvalue weighted by atomic mass is 9.54. The van der Waals surface area contributed by atoms with Crippen LogP contribution in [0, 0.1) is 23.6 Å². The van der Waals surface area contributed by atoms with E-state index in [1.807, 2.05) is 24.3 Å². The summed E-state index contributed by atoms with van der Waals surface area (Å²) in [7, 11) is -4.10. The minimum absolute atomic E-state index is 0.0333. The quantitative estimate of drug-likeness (QED) is 0.118. The number of hydrogen-bond donors (Lipinski definition) is 2. The zero-order valence-electron chi connectivity index (χ0n) is 32.1. The smallest absolute Gasteiger partial charge is 0.455 e. The summed E-state index contributed by atoms with van der Waals surface area (Å²) in [6.45, 7) is 9.06. The summed E-state index contributed by atoms with van der Waals surface area (Å²) < 4.78 is 28.2. The van der Waals surface area contributed by atoms with Gasteiger partial charge >= 0.3 is 7.12 Å². The molecule has 1 aliphatic heterocycles. The molecule has 0 spiro atoms. The van der Waals surface area contributed by atoms with Crippen molar-refractivity contribution in [3.8, 4) is 5.75 Å². The fourth-order valence-electron chi connectivity index (χ4n) is 9.51. The van der Waals surface area contributed by atoms with Crippen LogP contribution in [0.1, 0.15) is 86.1 Å². The van der Waals surface area contributed by atoms with Gasteiger partial charge in [-0.2, -0.15) is 0 Å². The molecule has 0 bridgehead atoms. The van der Waals surface area contributed by atoms with Crippen molar-refractivity contribution in [2.45, 2.75) is 77.3 Å². The minimum atomic E-state index is -2.99. The lowest BCUT2D eigenvalue weighted by molar-refractivity contribution is 0.0591. The third-order valence-electron chi connectivity index (χ3n) is 11.9. The molecule has 1 saturated heterocycles. The van der Waals surface area contributed by atoms with Crippen LogP contribution in [-0.4, -0.2) is 49.8 Å². The summed E-state index contributed by atoms with van der Waals surface area (Å²) in [5, 5.41) is 23.1. The van der Waals surface area contributed by atoms with Crippen LogP contribution in [-0.2, 0) is 9.08 Å². The molecule has 0 aromatic heterocycles. The number of halogens is 1. The number of benzene rings is 4. The van der Waals surface area contributed by atoms with Crippen LogP contribution in [0.5, 0.6) is 5.75 Å². The average Bonchev–Trinajstić information content (AvgIpc) is 3.17. The second kappa shape index (κ2) is 16.0. The lowest BCUT2D eigenvalue weighted by Crippen LogP contribution is -2.66. The zero-order valence-corrected chi connectivity index (χ0v) is 33.1. The molecule has 0 radical (unpaired) electrons. The maximum absolute atomic E-state index is 14.4. The maximum Gasteiger partial charge on any atom is 0.455 e. The van der Waals surface area contributed by atoms with Gasteiger partial charge in [-0.15, -0.1) is 0 Å². The molecule has 2 aliphatic carbocycles. The Kier molecular flexibility index (Phi) is 11.3. The molecule has 55 heavy (non-hydrogen) atoms. The van der Waals surface area contributed by atoms with Crippen molar-refractivity contribution in [1.29, 1.82) is 0 Å². The number of ketones is 2. The fraction of sp³-hybridized carbons (Fsp3) is 0.348. The number of carbonyl (C=O) groups excluding carboxylic acids is 2. The predicted octanol–water partition coefficient (Wildman–Crippen LogP) is 8.58. The van der Waals surface area contributed by atoms with Gasteiger partial charge in [0, 0.05) is 23.0 Å². The Balaban J connectivity index is 1.32. The van der Waals surface area contributed by atoms with Gasteiger partial charge in [0.15, 0.2) is 23.1 Å². The van der Waals surface area contributed by atoms with E-state index in [9.17, 15) is 24.1 Å². The van der Waals surface area contributed by atoms with Crippen LogP contribution >= 0.6 is 0 Å². The molecule has 7 rings (SSSR count). The summed E-state index contributed by atoms with van der Waals surface area (Å²) in [6, 6.07) is 32.4. The van der Waals surface area contributed by atoms with Gasteiger partial charge in [0.05, 0.1) is 12.7 Å². The van der Waals surface area contributed by atoms with E-state index >= 15 is 0 Å².